The third-order valence-corrected chi connectivity index (χ3v) is 7.57. The summed E-state index contributed by atoms with van der Waals surface area (Å²) in [7, 11) is 0. The van der Waals surface area contributed by atoms with Gasteiger partial charge in [-0.2, -0.15) is 0 Å². The summed E-state index contributed by atoms with van der Waals surface area (Å²) in [6.07, 6.45) is -0.694. The quantitative estimate of drug-likeness (QED) is 0.239. The highest BCUT2D eigenvalue weighted by molar-refractivity contribution is 7.16. The van der Waals surface area contributed by atoms with Gasteiger partial charge in [0.15, 0.2) is 10.3 Å². The highest BCUT2D eigenvalue weighted by Crippen LogP contribution is 2.34. The van der Waals surface area contributed by atoms with Crippen LogP contribution in [-0.4, -0.2) is 42.3 Å². The first-order valence-corrected chi connectivity index (χ1v) is 15.2. The molecule has 2 heterocycles. The number of ether oxygens (including phenoxy) is 2. The van der Waals surface area contributed by atoms with E-state index >= 15 is 0 Å². The van der Waals surface area contributed by atoms with Crippen molar-refractivity contribution in [1.29, 1.82) is 0 Å². The van der Waals surface area contributed by atoms with Crippen LogP contribution in [-0.2, 0) is 20.3 Å². The largest absolute Gasteiger partial charge is 0.449 e. The average molecular weight is 728 g/mol. The molecule has 0 saturated heterocycles. The summed E-state index contributed by atoms with van der Waals surface area (Å²) >= 11 is 39.7. The van der Waals surface area contributed by atoms with Gasteiger partial charge < -0.3 is 15.2 Å². The number of nitrogens with zero attached hydrogens (tertiary/aromatic N) is 2. The molecule has 3 N–H and O–H groups in total. The van der Waals surface area contributed by atoms with Gasteiger partial charge in [-0.05, 0) is 24.7 Å². The average Bonchev–Trinajstić information content (AvgIpc) is 3.25. The molecule has 2 aromatic rings. The van der Waals surface area contributed by atoms with E-state index in [-0.39, 0.29) is 24.0 Å². The van der Waals surface area contributed by atoms with Crippen LogP contribution in [0.15, 0.2) is 0 Å². The Balaban J connectivity index is 0.000000612. The molecule has 0 fully saturated rings. The lowest BCUT2D eigenvalue weighted by atomic mass is 9.93. The maximum absolute atomic E-state index is 11.5. The second-order valence-corrected chi connectivity index (χ2v) is 17.2. The van der Waals surface area contributed by atoms with Crippen LogP contribution in [0.4, 0.5) is 19.9 Å². The van der Waals surface area contributed by atoms with Crippen molar-refractivity contribution in [2.24, 2.45) is 0 Å². The van der Waals surface area contributed by atoms with E-state index in [9.17, 15) is 9.59 Å². The molecular weight excluding hydrogens is 697 g/mol. The normalized spacial score (nSPS) is 12.0. The monoisotopic (exact) mass is 724 g/mol. The summed E-state index contributed by atoms with van der Waals surface area (Å²) in [5.74, 6) is 0. The minimum atomic E-state index is -1.62. The summed E-state index contributed by atoms with van der Waals surface area (Å²) in [5, 5.41) is 3.66. The number of aryl methyl sites for hydroxylation is 2. The fraction of sp³-hybridized carbons (Fsp3) is 0.636. The number of amides is 1. The standard InChI is InChI=1S/C11H15Cl3N2O2S.C8H14N2S.C3H2Cl4O2/c1-6-7(10(2,3)4)19-8(15-6)16-9(17)18-5-11(12,13)14;1-5-6(8(2,3)4)11-7(9)10-5;4-2(8)9-1-3(5,6)7/h5H2,1-4H3,(H,15,16,17);1-4H3,(H2,9,10);1H2. The summed E-state index contributed by atoms with van der Waals surface area (Å²) in [6, 6.07) is 0. The second kappa shape index (κ2) is 15.9. The number of anilines is 2. The van der Waals surface area contributed by atoms with E-state index in [2.05, 4.69) is 61.6 Å². The molecule has 2 rings (SSSR count). The number of nitrogen functional groups attached to an aromatic ring is 1. The number of hydrogen-bond acceptors (Lipinski definition) is 9. The molecule has 0 atom stereocenters. The Morgan fingerprint density at radius 3 is 1.49 bits per heavy atom. The molecule has 0 unspecified atom stereocenters. The molecule has 2 aromatic heterocycles. The molecular formula is C22H31Cl7N4O4S2. The van der Waals surface area contributed by atoms with Crippen molar-refractivity contribution in [2.45, 2.75) is 73.8 Å². The van der Waals surface area contributed by atoms with Gasteiger partial charge in [-0.1, -0.05) is 111 Å². The predicted octanol–water partition coefficient (Wildman–Crippen LogP) is 9.73. The van der Waals surface area contributed by atoms with Crippen LogP contribution in [0.5, 0.6) is 0 Å². The summed E-state index contributed by atoms with van der Waals surface area (Å²) < 4.78 is 5.71. The van der Waals surface area contributed by atoms with Gasteiger partial charge in [0.1, 0.15) is 13.2 Å². The van der Waals surface area contributed by atoms with E-state index in [1.807, 2.05) is 13.8 Å². The van der Waals surface area contributed by atoms with E-state index < -0.39 is 19.1 Å². The molecule has 0 saturated carbocycles. The first kappa shape index (κ1) is 38.8. The third kappa shape index (κ3) is 18.1. The lowest BCUT2D eigenvalue weighted by molar-refractivity contribution is 0.164. The fourth-order valence-electron chi connectivity index (χ4n) is 2.67. The van der Waals surface area contributed by atoms with E-state index in [1.165, 1.54) is 16.2 Å². The number of alkyl halides is 6. The molecule has 0 aliphatic heterocycles. The Kier molecular flexibility index (Phi) is 15.8. The van der Waals surface area contributed by atoms with Crippen LogP contribution >= 0.6 is 104 Å². The minimum Gasteiger partial charge on any atom is -0.449 e. The first-order chi connectivity index (χ1) is 17.3. The van der Waals surface area contributed by atoms with Crippen LogP contribution in [0.3, 0.4) is 0 Å². The van der Waals surface area contributed by atoms with Gasteiger partial charge in [0, 0.05) is 21.4 Å². The van der Waals surface area contributed by atoms with Crippen molar-refractivity contribution in [2.75, 3.05) is 24.3 Å². The lowest BCUT2D eigenvalue weighted by Crippen LogP contribution is -2.21. The zero-order chi connectivity index (χ0) is 31.0. The van der Waals surface area contributed by atoms with Crippen molar-refractivity contribution in [3.05, 3.63) is 21.1 Å². The number of nitrogens with one attached hydrogen (secondary N) is 1. The van der Waals surface area contributed by atoms with Crippen molar-refractivity contribution in [1.82, 2.24) is 9.97 Å². The Bertz CT molecular complexity index is 1090. The van der Waals surface area contributed by atoms with E-state index in [4.69, 9.17) is 91.7 Å². The topological polar surface area (TPSA) is 116 Å². The molecule has 0 aliphatic rings. The zero-order valence-electron chi connectivity index (χ0n) is 22.5. The highest BCUT2D eigenvalue weighted by atomic mass is 35.6. The third-order valence-electron chi connectivity index (χ3n) is 3.90. The summed E-state index contributed by atoms with van der Waals surface area (Å²) in [5.41, 5.74) is 6.71. The van der Waals surface area contributed by atoms with Crippen molar-refractivity contribution in [3.8, 4) is 0 Å². The Morgan fingerprint density at radius 1 is 0.795 bits per heavy atom. The highest BCUT2D eigenvalue weighted by Gasteiger charge is 2.25. The number of nitrogens with two attached hydrogens (primary N) is 1. The van der Waals surface area contributed by atoms with Crippen molar-refractivity contribution >= 4 is 126 Å². The lowest BCUT2D eigenvalue weighted by Gasteiger charge is -2.16. The van der Waals surface area contributed by atoms with Gasteiger partial charge in [0.2, 0.25) is 7.59 Å². The number of halogens is 7. The molecule has 39 heavy (non-hydrogen) atoms. The van der Waals surface area contributed by atoms with Crippen molar-refractivity contribution < 1.29 is 19.1 Å². The second-order valence-electron chi connectivity index (χ2n) is 9.86. The smallest absolute Gasteiger partial charge is 0.413 e. The van der Waals surface area contributed by atoms with Gasteiger partial charge in [0.25, 0.3) is 0 Å². The molecule has 0 aliphatic carbocycles. The summed E-state index contributed by atoms with van der Waals surface area (Å²) in [4.78, 5) is 32.2. The van der Waals surface area contributed by atoms with Gasteiger partial charge in [-0.3, -0.25) is 5.32 Å². The van der Waals surface area contributed by atoms with Gasteiger partial charge in [-0.15, -0.1) is 22.7 Å². The Labute approximate surface area is 272 Å². The Hall–Kier alpha value is -0.170. The minimum absolute atomic E-state index is 0.0246. The van der Waals surface area contributed by atoms with Gasteiger partial charge >= 0.3 is 11.5 Å². The number of carbonyl (C=O) groups is 2. The maximum atomic E-state index is 11.5. The molecule has 8 nitrogen and oxygen atoms in total. The Morgan fingerprint density at radius 2 is 1.21 bits per heavy atom. The van der Waals surface area contributed by atoms with Crippen LogP contribution in [0.25, 0.3) is 0 Å². The number of carbonyl (C=O) groups excluding carboxylic acids is 2. The number of thiazole rings is 2. The van der Waals surface area contributed by atoms with E-state index in [0.717, 1.165) is 16.3 Å². The molecule has 224 valence electrons. The molecule has 0 spiro atoms. The van der Waals surface area contributed by atoms with E-state index in [1.54, 1.807) is 11.3 Å². The number of hydrogen-bond donors (Lipinski definition) is 2. The predicted molar refractivity (Wildman–Crippen MR) is 168 cm³/mol. The molecule has 17 heteroatoms. The number of aromatic nitrogens is 2. The molecule has 0 aromatic carbocycles. The van der Waals surface area contributed by atoms with Crippen LogP contribution in [0.2, 0.25) is 0 Å². The van der Waals surface area contributed by atoms with Crippen LogP contribution in [0.1, 0.15) is 62.7 Å². The van der Waals surface area contributed by atoms with E-state index in [0.29, 0.717) is 10.3 Å². The SMILES string of the molecule is Cc1nc(N)sc1C(C)(C)C.Cc1nc(NC(=O)OCC(Cl)(Cl)Cl)sc1C(C)(C)C.O=C(Cl)OCC(Cl)(Cl)Cl. The van der Waals surface area contributed by atoms with Gasteiger partial charge in [-0.25, -0.2) is 19.6 Å². The first-order valence-electron chi connectivity index (χ1n) is 10.9. The zero-order valence-corrected chi connectivity index (χ0v) is 29.4. The molecule has 1 amide bonds. The molecule has 0 radical (unpaired) electrons. The fourth-order valence-corrected chi connectivity index (χ4v) is 4.95. The van der Waals surface area contributed by atoms with Gasteiger partial charge in [0.05, 0.1) is 11.4 Å². The maximum Gasteiger partial charge on any atom is 0.413 e. The summed E-state index contributed by atoms with van der Waals surface area (Å²) in [6.45, 7) is 16.0. The van der Waals surface area contributed by atoms with Crippen LogP contribution in [0, 0.1) is 13.8 Å². The number of rotatable bonds is 3. The molecule has 0 bridgehead atoms. The van der Waals surface area contributed by atoms with Crippen molar-refractivity contribution in [3.63, 3.8) is 0 Å². The van der Waals surface area contributed by atoms with Crippen LogP contribution < -0.4 is 11.1 Å².